The number of rotatable bonds is 14. The van der Waals surface area contributed by atoms with Crippen LogP contribution in [0.5, 0.6) is 11.5 Å². The lowest BCUT2D eigenvalue weighted by Gasteiger charge is -2.26. The summed E-state index contributed by atoms with van der Waals surface area (Å²) < 4.78 is 17.1. The van der Waals surface area contributed by atoms with Crippen LogP contribution in [0.3, 0.4) is 0 Å². The number of methoxy groups -OCH3 is 1. The van der Waals surface area contributed by atoms with Crippen LogP contribution in [0.2, 0.25) is 0 Å². The second-order valence-electron chi connectivity index (χ2n) is 8.67. The highest BCUT2D eigenvalue weighted by molar-refractivity contribution is 6.09. The van der Waals surface area contributed by atoms with Crippen molar-refractivity contribution in [3.63, 3.8) is 0 Å². The predicted molar refractivity (Wildman–Crippen MR) is 146 cm³/mol. The minimum Gasteiger partial charge on any atom is -0.493 e. The van der Waals surface area contributed by atoms with Crippen molar-refractivity contribution in [3.05, 3.63) is 78.4 Å². The summed E-state index contributed by atoms with van der Waals surface area (Å²) in [7, 11) is 1.66. The molecule has 194 valence electrons. The third-order valence-corrected chi connectivity index (χ3v) is 6.13. The van der Waals surface area contributed by atoms with Crippen molar-refractivity contribution >= 4 is 5.71 Å². The summed E-state index contributed by atoms with van der Waals surface area (Å²) in [5.41, 5.74) is 2.82. The highest BCUT2D eigenvalue weighted by atomic mass is 16.5. The van der Waals surface area contributed by atoms with Crippen LogP contribution in [-0.2, 0) is 4.74 Å². The molecule has 36 heavy (non-hydrogen) atoms. The molecule has 1 aliphatic rings. The van der Waals surface area contributed by atoms with Crippen molar-refractivity contribution in [3.8, 4) is 11.5 Å². The van der Waals surface area contributed by atoms with Crippen LogP contribution >= 0.6 is 0 Å². The lowest BCUT2D eigenvalue weighted by atomic mass is 10.0. The van der Waals surface area contributed by atoms with Gasteiger partial charge in [-0.25, -0.2) is 4.99 Å². The number of allylic oxidation sites excluding steroid dienone is 2. The molecule has 0 bridgehead atoms. The van der Waals surface area contributed by atoms with Gasteiger partial charge in [-0.1, -0.05) is 26.0 Å². The average Bonchev–Trinajstić information content (AvgIpc) is 2.94. The third kappa shape index (κ3) is 8.21. The molecule has 0 amide bonds. The van der Waals surface area contributed by atoms with Crippen LogP contribution in [0.25, 0.3) is 0 Å². The molecule has 0 aliphatic carbocycles. The first-order valence-electron chi connectivity index (χ1n) is 12.8. The van der Waals surface area contributed by atoms with Crippen LogP contribution in [0.4, 0.5) is 0 Å². The van der Waals surface area contributed by atoms with Gasteiger partial charge in [-0.3, -0.25) is 9.88 Å². The Morgan fingerprint density at radius 1 is 1.28 bits per heavy atom. The molecule has 3 rings (SSSR count). The van der Waals surface area contributed by atoms with Crippen LogP contribution in [0.1, 0.15) is 50.3 Å². The van der Waals surface area contributed by atoms with Crippen molar-refractivity contribution in [2.75, 3.05) is 46.6 Å². The largest absolute Gasteiger partial charge is 0.493 e. The van der Waals surface area contributed by atoms with E-state index in [1.54, 1.807) is 19.4 Å². The van der Waals surface area contributed by atoms with Crippen molar-refractivity contribution in [2.24, 2.45) is 4.99 Å². The molecule has 0 saturated carbocycles. The first kappa shape index (κ1) is 27.4. The van der Waals surface area contributed by atoms with E-state index in [1.165, 1.54) is 0 Å². The quantitative estimate of drug-likeness (QED) is 0.290. The van der Waals surface area contributed by atoms with E-state index in [2.05, 4.69) is 34.8 Å². The molecule has 2 heterocycles. The molecule has 1 N–H and O–H groups in total. The molecule has 2 aromatic rings. The van der Waals surface area contributed by atoms with Crippen molar-refractivity contribution in [1.82, 2.24) is 15.2 Å². The van der Waals surface area contributed by atoms with Crippen LogP contribution in [0, 0.1) is 0 Å². The fourth-order valence-electron chi connectivity index (χ4n) is 4.15. The Morgan fingerprint density at radius 2 is 2.11 bits per heavy atom. The topological polar surface area (TPSA) is 68.2 Å². The van der Waals surface area contributed by atoms with E-state index in [0.29, 0.717) is 12.4 Å². The zero-order valence-corrected chi connectivity index (χ0v) is 21.9. The van der Waals surface area contributed by atoms with E-state index in [0.717, 1.165) is 80.5 Å². The second-order valence-corrected chi connectivity index (χ2v) is 8.67. The van der Waals surface area contributed by atoms with Gasteiger partial charge in [0.2, 0.25) is 0 Å². The Labute approximate surface area is 215 Å². The molecule has 7 heteroatoms. The van der Waals surface area contributed by atoms with Gasteiger partial charge in [0.1, 0.15) is 5.82 Å². The number of pyridine rings is 1. The van der Waals surface area contributed by atoms with E-state index < -0.39 is 0 Å². The highest BCUT2D eigenvalue weighted by Crippen LogP contribution is 2.29. The van der Waals surface area contributed by atoms with Gasteiger partial charge in [0, 0.05) is 37.6 Å². The number of hydrogen-bond acceptors (Lipinski definition) is 7. The summed E-state index contributed by atoms with van der Waals surface area (Å²) in [5, 5.41) is 3.57. The third-order valence-electron chi connectivity index (χ3n) is 6.13. The van der Waals surface area contributed by atoms with Gasteiger partial charge in [-0.2, -0.15) is 0 Å². The van der Waals surface area contributed by atoms with Gasteiger partial charge in [-0.15, -0.1) is 0 Å². The summed E-state index contributed by atoms with van der Waals surface area (Å²) in [5.74, 6) is 2.20. The Balaban J connectivity index is 1.67. The maximum absolute atomic E-state index is 6.04. The summed E-state index contributed by atoms with van der Waals surface area (Å²) in [6.45, 7) is 13.4. The van der Waals surface area contributed by atoms with Gasteiger partial charge in [0.05, 0.1) is 38.7 Å². The SMILES string of the molecule is C=C/C(=N\C(=C/C)NC(CCC)c1cccnc1)c1ccc(OCCCN2CCOCC2)c(OC)c1. The molecule has 1 unspecified atom stereocenters. The van der Waals surface area contributed by atoms with E-state index in [9.17, 15) is 0 Å². The molecule has 0 spiro atoms. The molecule has 1 atom stereocenters. The maximum Gasteiger partial charge on any atom is 0.161 e. The predicted octanol–water partition coefficient (Wildman–Crippen LogP) is 5.16. The van der Waals surface area contributed by atoms with Crippen molar-refractivity contribution in [2.45, 2.75) is 39.2 Å². The number of nitrogens with one attached hydrogen (secondary N) is 1. The van der Waals surface area contributed by atoms with Crippen LogP contribution in [-0.4, -0.2) is 62.2 Å². The van der Waals surface area contributed by atoms with Gasteiger partial charge >= 0.3 is 0 Å². The molecule has 1 fully saturated rings. The summed E-state index contributed by atoms with van der Waals surface area (Å²) in [6, 6.07) is 10.1. The standard InChI is InChI=1S/C29H40N4O3/c1-5-10-26(24-11-8-14-30-22-24)32-29(7-3)31-25(6-2)23-12-13-27(28(21-23)34-4)36-18-9-15-33-16-19-35-20-17-33/h6-8,11-14,21-22,26,32H,2,5,9-10,15-20H2,1,3-4H3/b29-7+,31-25+. The second kappa shape index (κ2) is 15.1. The number of ether oxygens (including phenoxy) is 3. The number of nitrogens with zero attached hydrogens (tertiary/aromatic N) is 3. The number of aliphatic imine (C=N–C) groups is 1. The van der Waals surface area contributed by atoms with Gasteiger partial charge in [0.15, 0.2) is 11.5 Å². The van der Waals surface area contributed by atoms with E-state index in [4.69, 9.17) is 19.2 Å². The van der Waals surface area contributed by atoms with E-state index >= 15 is 0 Å². The van der Waals surface area contributed by atoms with Crippen LogP contribution in [0.15, 0.2) is 72.3 Å². The van der Waals surface area contributed by atoms with E-state index in [-0.39, 0.29) is 6.04 Å². The molecule has 1 saturated heterocycles. The summed E-state index contributed by atoms with van der Waals surface area (Å²) in [6.07, 6.45) is 10.4. The fourth-order valence-corrected chi connectivity index (χ4v) is 4.15. The normalized spacial score (nSPS) is 15.9. The zero-order chi connectivity index (χ0) is 25.6. The smallest absolute Gasteiger partial charge is 0.161 e. The number of morpholine rings is 1. The Kier molecular flexibility index (Phi) is 11.5. The Bertz CT molecular complexity index is 1000. The van der Waals surface area contributed by atoms with Gasteiger partial charge < -0.3 is 19.5 Å². The molecule has 7 nitrogen and oxygen atoms in total. The minimum absolute atomic E-state index is 0.132. The van der Waals surface area contributed by atoms with Crippen molar-refractivity contribution < 1.29 is 14.2 Å². The summed E-state index contributed by atoms with van der Waals surface area (Å²) >= 11 is 0. The lowest BCUT2D eigenvalue weighted by Crippen LogP contribution is -2.37. The first-order chi connectivity index (χ1) is 17.7. The summed E-state index contributed by atoms with van der Waals surface area (Å²) in [4.78, 5) is 11.6. The number of aromatic nitrogens is 1. The maximum atomic E-state index is 6.04. The first-order valence-corrected chi connectivity index (χ1v) is 12.8. The zero-order valence-electron chi connectivity index (χ0n) is 21.9. The Morgan fingerprint density at radius 3 is 2.78 bits per heavy atom. The minimum atomic E-state index is 0.132. The number of hydrogen-bond donors (Lipinski definition) is 1. The highest BCUT2D eigenvalue weighted by Gasteiger charge is 2.14. The van der Waals surface area contributed by atoms with Crippen LogP contribution < -0.4 is 14.8 Å². The fraction of sp³-hybridized carbons (Fsp3) is 0.448. The van der Waals surface area contributed by atoms with Crippen molar-refractivity contribution in [1.29, 1.82) is 0 Å². The average molecular weight is 493 g/mol. The molecular weight excluding hydrogens is 452 g/mol. The van der Waals surface area contributed by atoms with E-state index in [1.807, 2.05) is 43.5 Å². The molecule has 1 aromatic carbocycles. The molecule has 0 radical (unpaired) electrons. The molecule has 1 aromatic heterocycles. The lowest BCUT2D eigenvalue weighted by molar-refractivity contribution is 0.0357. The Hall–Kier alpha value is -3.16. The molecule has 1 aliphatic heterocycles. The molecular formula is C29H40N4O3. The van der Waals surface area contributed by atoms with Gasteiger partial charge in [0.25, 0.3) is 0 Å². The number of benzene rings is 1. The monoisotopic (exact) mass is 492 g/mol. The van der Waals surface area contributed by atoms with Gasteiger partial charge in [-0.05, 0) is 61.7 Å².